The average Bonchev–Trinajstić information content (AvgIpc) is 2.01. The number of hydrogen-bond acceptors (Lipinski definition) is 2. The van der Waals surface area contributed by atoms with Crippen LogP contribution in [0.1, 0.15) is 36.8 Å². The van der Waals surface area contributed by atoms with Gasteiger partial charge in [-0.2, -0.15) is 13.2 Å². The summed E-state index contributed by atoms with van der Waals surface area (Å²) in [6.45, 7) is 4.81. The van der Waals surface area contributed by atoms with Gasteiger partial charge in [0.05, 0.1) is 0 Å². The first-order valence-electron chi connectivity index (χ1n) is 4.23. The molecule has 0 radical (unpaired) electrons. The van der Waals surface area contributed by atoms with Crippen molar-refractivity contribution in [2.75, 3.05) is 0 Å². The molecular weight excluding hydrogens is 193 g/mol. The molecule has 0 amide bonds. The van der Waals surface area contributed by atoms with Gasteiger partial charge < -0.3 is 0 Å². The lowest BCUT2D eigenvalue weighted by Gasteiger charge is -2.13. The molecule has 5 heteroatoms. The number of aromatic nitrogens is 2. The molecule has 1 heterocycles. The Morgan fingerprint density at radius 3 is 2.29 bits per heavy atom. The topological polar surface area (TPSA) is 25.8 Å². The van der Waals surface area contributed by atoms with E-state index in [0.717, 1.165) is 0 Å². The molecule has 2 nitrogen and oxygen atoms in total. The largest absolute Gasteiger partial charge is 0.433 e. The van der Waals surface area contributed by atoms with Gasteiger partial charge in [-0.25, -0.2) is 9.97 Å². The van der Waals surface area contributed by atoms with Crippen LogP contribution in [0.5, 0.6) is 0 Å². The molecule has 0 atom stereocenters. The van der Waals surface area contributed by atoms with Crippen LogP contribution in [-0.4, -0.2) is 9.97 Å². The molecule has 0 aliphatic carbocycles. The minimum atomic E-state index is -4.40. The first-order valence-corrected chi connectivity index (χ1v) is 4.23. The summed E-state index contributed by atoms with van der Waals surface area (Å²) in [6.07, 6.45) is -3.15. The van der Waals surface area contributed by atoms with Crippen molar-refractivity contribution < 1.29 is 13.2 Å². The highest BCUT2D eigenvalue weighted by atomic mass is 19.4. The summed E-state index contributed by atoms with van der Waals surface area (Å²) >= 11 is 0. The third-order valence-electron chi connectivity index (χ3n) is 1.83. The number of alkyl halides is 3. The first kappa shape index (κ1) is 10.9. The van der Waals surface area contributed by atoms with E-state index in [1.165, 1.54) is 13.1 Å². The normalized spacial score (nSPS) is 12.2. The number of hydrogen-bond donors (Lipinski definition) is 0. The molecule has 0 aromatic carbocycles. The lowest BCUT2D eigenvalue weighted by Crippen LogP contribution is -2.14. The fourth-order valence-electron chi connectivity index (χ4n) is 1.13. The zero-order chi connectivity index (χ0) is 10.9. The van der Waals surface area contributed by atoms with Crippen molar-refractivity contribution in [3.05, 3.63) is 23.3 Å². The molecule has 0 saturated heterocycles. The second-order valence-corrected chi connectivity index (χ2v) is 3.37. The van der Waals surface area contributed by atoms with Gasteiger partial charge in [0.15, 0.2) is 5.69 Å². The van der Waals surface area contributed by atoms with Crippen LogP contribution < -0.4 is 0 Å². The highest BCUT2D eigenvalue weighted by Crippen LogP contribution is 2.33. The van der Waals surface area contributed by atoms with Gasteiger partial charge in [-0.1, -0.05) is 13.8 Å². The molecular formula is C9H11F3N2. The second-order valence-electron chi connectivity index (χ2n) is 3.37. The summed E-state index contributed by atoms with van der Waals surface area (Å²) < 4.78 is 37.5. The smallest absolute Gasteiger partial charge is 0.241 e. The predicted octanol–water partition coefficient (Wildman–Crippen LogP) is 2.93. The third-order valence-corrected chi connectivity index (χ3v) is 1.83. The van der Waals surface area contributed by atoms with Gasteiger partial charge in [-0.05, 0) is 12.8 Å². The molecule has 0 saturated carbocycles. The fourth-order valence-corrected chi connectivity index (χ4v) is 1.13. The zero-order valence-corrected chi connectivity index (χ0v) is 8.18. The SMILES string of the molecule is Cc1ncc(C(C)C)c(C(F)(F)F)n1. The summed E-state index contributed by atoms with van der Waals surface area (Å²) in [5, 5.41) is 0. The fraction of sp³-hybridized carbons (Fsp3) is 0.556. The molecule has 0 fully saturated rings. The van der Waals surface area contributed by atoms with E-state index >= 15 is 0 Å². The molecule has 1 aromatic heterocycles. The van der Waals surface area contributed by atoms with Gasteiger partial charge >= 0.3 is 6.18 Å². The number of aryl methyl sites for hydroxylation is 1. The Morgan fingerprint density at radius 2 is 1.86 bits per heavy atom. The van der Waals surface area contributed by atoms with Crippen LogP contribution >= 0.6 is 0 Å². The highest BCUT2D eigenvalue weighted by Gasteiger charge is 2.36. The minimum Gasteiger partial charge on any atom is -0.241 e. The van der Waals surface area contributed by atoms with Crippen molar-refractivity contribution in [3.8, 4) is 0 Å². The zero-order valence-electron chi connectivity index (χ0n) is 8.18. The average molecular weight is 204 g/mol. The van der Waals surface area contributed by atoms with Gasteiger partial charge in [-0.3, -0.25) is 0 Å². The first-order chi connectivity index (χ1) is 6.32. The minimum absolute atomic E-state index is 0.140. The summed E-state index contributed by atoms with van der Waals surface area (Å²) in [7, 11) is 0. The predicted molar refractivity (Wildman–Crippen MR) is 45.9 cm³/mol. The van der Waals surface area contributed by atoms with Crippen molar-refractivity contribution in [3.63, 3.8) is 0 Å². The lowest BCUT2D eigenvalue weighted by molar-refractivity contribution is -0.142. The van der Waals surface area contributed by atoms with Crippen LogP contribution in [0.3, 0.4) is 0 Å². The summed E-state index contributed by atoms with van der Waals surface area (Å²) in [5.74, 6) is -0.0889. The van der Waals surface area contributed by atoms with Gasteiger partial charge in [0.25, 0.3) is 0 Å². The Morgan fingerprint density at radius 1 is 1.29 bits per heavy atom. The van der Waals surface area contributed by atoms with Gasteiger partial charge in [0.1, 0.15) is 5.82 Å². The molecule has 0 N–H and O–H groups in total. The standard InChI is InChI=1S/C9H11F3N2/c1-5(2)7-4-13-6(3)14-8(7)9(10,11)12/h4-5H,1-3H3. The Bertz CT molecular complexity index is 331. The molecule has 78 valence electrons. The van der Waals surface area contributed by atoms with E-state index in [4.69, 9.17) is 0 Å². The number of halogens is 3. The van der Waals surface area contributed by atoms with E-state index in [-0.39, 0.29) is 17.3 Å². The Hall–Kier alpha value is -1.13. The van der Waals surface area contributed by atoms with E-state index < -0.39 is 11.9 Å². The quantitative estimate of drug-likeness (QED) is 0.702. The molecule has 0 spiro atoms. The van der Waals surface area contributed by atoms with Crippen LogP contribution in [0.4, 0.5) is 13.2 Å². The van der Waals surface area contributed by atoms with Crippen LogP contribution in [-0.2, 0) is 6.18 Å². The van der Waals surface area contributed by atoms with Crippen LogP contribution in [0.15, 0.2) is 6.20 Å². The maximum absolute atomic E-state index is 12.5. The Balaban J connectivity index is 3.30. The highest BCUT2D eigenvalue weighted by molar-refractivity contribution is 5.23. The number of rotatable bonds is 1. The molecule has 14 heavy (non-hydrogen) atoms. The van der Waals surface area contributed by atoms with Gasteiger partial charge in [0, 0.05) is 11.8 Å². The van der Waals surface area contributed by atoms with E-state index in [0.29, 0.717) is 0 Å². The van der Waals surface area contributed by atoms with Crippen LogP contribution in [0.25, 0.3) is 0 Å². The van der Waals surface area contributed by atoms with E-state index in [1.807, 2.05) is 0 Å². The van der Waals surface area contributed by atoms with Crippen molar-refractivity contribution >= 4 is 0 Å². The molecule has 0 aliphatic rings. The van der Waals surface area contributed by atoms with Crippen molar-refractivity contribution in [1.82, 2.24) is 9.97 Å². The molecule has 1 rings (SSSR count). The molecule has 0 bridgehead atoms. The van der Waals surface area contributed by atoms with E-state index in [1.54, 1.807) is 13.8 Å². The lowest BCUT2D eigenvalue weighted by atomic mass is 10.0. The van der Waals surface area contributed by atoms with E-state index in [2.05, 4.69) is 9.97 Å². The van der Waals surface area contributed by atoms with Crippen molar-refractivity contribution in [2.24, 2.45) is 0 Å². The number of nitrogens with zero attached hydrogens (tertiary/aromatic N) is 2. The monoisotopic (exact) mass is 204 g/mol. The molecule has 0 aliphatic heterocycles. The summed E-state index contributed by atoms with van der Waals surface area (Å²) in [6, 6.07) is 0. The maximum atomic E-state index is 12.5. The molecule has 1 aromatic rings. The second kappa shape index (κ2) is 3.55. The van der Waals surface area contributed by atoms with Gasteiger partial charge in [-0.15, -0.1) is 0 Å². The Kier molecular flexibility index (Phi) is 2.78. The maximum Gasteiger partial charge on any atom is 0.433 e. The van der Waals surface area contributed by atoms with Gasteiger partial charge in [0.2, 0.25) is 0 Å². The van der Waals surface area contributed by atoms with Crippen LogP contribution in [0.2, 0.25) is 0 Å². The Labute approximate surface area is 80.2 Å². The third kappa shape index (κ3) is 2.21. The summed E-state index contributed by atoms with van der Waals surface area (Å²) in [5.41, 5.74) is -0.678. The summed E-state index contributed by atoms with van der Waals surface area (Å²) in [4.78, 5) is 7.19. The molecule has 0 unspecified atom stereocenters. The van der Waals surface area contributed by atoms with Crippen LogP contribution in [0, 0.1) is 6.92 Å². The van der Waals surface area contributed by atoms with E-state index in [9.17, 15) is 13.2 Å². The van der Waals surface area contributed by atoms with Crippen molar-refractivity contribution in [2.45, 2.75) is 32.9 Å². The van der Waals surface area contributed by atoms with Crippen molar-refractivity contribution in [1.29, 1.82) is 0 Å².